The van der Waals surface area contributed by atoms with Gasteiger partial charge in [-0.05, 0) is 24.3 Å². The van der Waals surface area contributed by atoms with E-state index in [2.05, 4.69) is 0 Å². The first-order valence-electron chi connectivity index (χ1n) is 3.39. The molecule has 0 radical (unpaired) electrons. The number of hydrogen-bond acceptors (Lipinski definition) is 3. The third kappa shape index (κ3) is 1.85. The molecule has 0 fully saturated rings. The van der Waals surface area contributed by atoms with Gasteiger partial charge in [0, 0.05) is 25.5 Å². The van der Waals surface area contributed by atoms with E-state index in [-0.39, 0.29) is 0 Å². The SMILES string of the molecule is CN(C)c1ccc(N[O-])cc1. The number of nitrogens with zero attached hydrogens (tertiary/aromatic N) is 1. The summed E-state index contributed by atoms with van der Waals surface area (Å²) in [6.45, 7) is 0. The van der Waals surface area contributed by atoms with Gasteiger partial charge in [-0.15, -0.1) is 0 Å². The second kappa shape index (κ2) is 3.25. The molecule has 1 rings (SSSR count). The van der Waals surface area contributed by atoms with Crippen molar-refractivity contribution in [2.45, 2.75) is 0 Å². The van der Waals surface area contributed by atoms with Crippen LogP contribution in [-0.4, -0.2) is 14.1 Å². The molecule has 0 aliphatic heterocycles. The lowest BCUT2D eigenvalue weighted by atomic mass is 10.3. The van der Waals surface area contributed by atoms with E-state index in [1.54, 1.807) is 12.1 Å². The highest BCUT2D eigenvalue weighted by Crippen LogP contribution is 2.14. The molecule has 0 aromatic heterocycles. The first-order valence-corrected chi connectivity index (χ1v) is 3.39. The van der Waals surface area contributed by atoms with Crippen LogP contribution in [-0.2, 0) is 0 Å². The third-order valence-electron chi connectivity index (χ3n) is 1.50. The van der Waals surface area contributed by atoms with E-state index in [0.717, 1.165) is 5.69 Å². The van der Waals surface area contributed by atoms with Crippen LogP contribution in [0, 0.1) is 5.21 Å². The van der Waals surface area contributed by atoms with Crippen molar-refractivity contribution in [1.82, 2.24) is 0 Å². The minimum atomic E-state index is 0.593. The molecule has 3 heteroatoms. The summed E-state index contributed by atoms with van der Waals surface area (Å²) in [4.78, 5) is 1.98. The van der Waals surface area contributed by atoms with Crippen LogP contribution in [0.2, 0.25) is 0 Å². The molecule has 0 aliphatic carbocycles. The second-order valence-corrected chi connectivity index (χ2v) is 2.54. The van der Waals surface area contributed by atoms with Crippen molar-refractivity contribution in [2.75, 3.05) is 24.5 Å². The first kappa shape index (κ1) is 7.88. The zero-order chi connectivity index (χ0) is 8.27. The predicted octanol–water partition coefficient (Wildman–Crippen LogP) is 1.66. The average molecular weight is 151 g/mol. The van der Waals surface area contributed by atoms with Crippen molar-refractivity contribution in [3.63, 3.8) is 0 Å². The summed E-state index contributed by atoms with van der Waals surface area (Å²) in [6.07, 6.45) is 0. The molecule has 0 saturated carbocycles. The van der Waals surface area contributed by atoms with Crippen LogP contribution in [0.3, 0.4) is 0 Å². The molecule has 1 aromatic rings. The van der Waals surface area contributed by atoms with Crippen molar-refractivity contribution in [3.8, 4) is 0 Å². The van der Waals surface area contributed by atoms with Crippen molar-refractivity contribution in [3.05, 3.63) is 29.5 Å². The van der Waals surface area contributed by atoms with Crippen molar-refractivity contribution < 1.29 is 0 Å². The van der Waals surface area contributed by atoms with Crippen molar-refractivity contribution >= 4 is 11.4 Å². The van der Waals surface area contributed by atoms with Crippen LogP contribution in [0.1, 0.15) is 0 Å². The highest BCUT2D eigenvalue weighted by molar-refractivity contribution is 5.54. The molecular weight excluding hydrogens is 140 g/mol. The van der Waals surface area contributed by atoms with E-state index in [9.17, 15) is 5.21 Å². The summed E-state index contributed by atoms with van der Waals surface area (Å²) in [5.74, 6) is 0. The molecule has 0 atom stereocenters. The summed E-state index contributed by atoms with van der Waals surface area (Å²) in [5, 5.41) is 10.1. The van der Waals surface area contributed by atoms with E-state index >= 15 is 0 Å². The molecule has 0 amide bonds. The highest BCUT2D eigenvalue weighted by Gasteiger charge is 1.91. The smallest absolute Gasteiger partial charge is 0.0362 e. The van der Waals surface area contributed by atoms with E-state index < -0.39 is 0 Å². The monoisotopic (exact) mass is 151 g/mol. The highest BCUT2D eigenvalue weighted by atomic mass is 16.5. The summed E-state index contributed by atoms with van der Waals surface area (Å²) < 4.78 is 0. The quantitative estimate of drug-likeness (QED) is 0.653. The summed E-state index contributed by atoms with van der Waals surface area (Å²) in [7, 11) is 3.92. The number of nitrogens with one attached hydrogen (secondary N) is 1. The van der Waals surface area contributed by atoms with Crippen molar-refractivity contribution in [2.24, 2.45) is 0 Å². The second-order valence-electron chi connectivity index (χ2n) is 2.54. The van der Waals surface area contributed by atoms with Gasteiger partial charge in [0.1, 0.15) is 0 Å². The van der Waals surface area contributed by atoms with E-state index in [0.29, 0.717) is 5.69 Å². The van der Waals surface area contributed by atoms with Gasteiger partial charge in [-0.2, -0.15) is 0 Å². The molecule has 0 aliphatic rings. The van der Waals surface area contributed by atoms with Crippen LogP contribution >= 0.6 is 0 Å². The molecule has 0 bridgehead atoms. The summed E-state index contributed by atoms with van der Waals surface area (Å²) in [5.41, 5.74) is 3.50. The lowest BCUT2D eigenvalue weighted by molar-refractivity contribution is 1.13. The van der Waals surface area contributed by atoms with Gasteiger partial charge < -0.3 is 15.6 Å². The molecule has 11 heavy (non-hydrogen) atoms. The molecule has 0 spiro atoms. The number of benzene rings is 1. The average Bonchev–Trinajstić information content (AvgIpc) is 2.05. The molecule has 3 nitrogen and oxygen atoms in total. The minimum absolute atomic E-state index is 0.593. The Morgan fingerprint density at radius 3 is 2.09 bits per heavy atom. The first-order chi connectivity index (χ1) is 5.24. The largest absolute Gasteiger partial charge is 0.761 e. The van der Waals surface area contributed by atoms with Gasteiger partial charge in [0.05, 0.1) is 0 Å². The van der Waals surface area contributed by atoms with E-state index in [1.807, 2.05) is 36.6 Å². The van der Waals surface area contributed by atoms with Crippen LogP contribution in [0.5, 0.6) is 0 Å². The van der Waals surface area contributed by atoms with Crippen LogP contribution < -0.4 is 10.4 Å². The Bertz CT molecular complexity index is 218. The van der Waals surface area contributed by atoms with Gasteiger partial charge in [-0.25, -0.2) is 0 Å². The van der Waals surface area contributed by atoms with Gasteiger partial charge in [0.2, 0.25) is 0 Å². The predicted molar refractivity (Wildman–Crippen MR) is 47.8 cm³/mol. The van der Waals surface area contributed by atoms with Crippen LogP contribution in [0.25, 0.3) is 0 Å². The molecule has 0 saturated heterocycles. The Kier molecular flexibility index (Phi) is 2.33. The lowest BCUT2D eigenvalue weighted by Crippen LogP contribution is -2.07. The van der Waals surface area contributed by atoms with Crippen LogP contribution in [0.15, 0.2) is 24.3 Å². The van der Waals surface area contributed by atoms with Gasteiger partial charge in [0.15, 0.2) is 0 Å². The fraction of sp³-hybridized carbons (Fsp3) is 0.250. The van der Waals surface area contributed by atoms with E-state index in [4.69, 9.17) is 0 Å². The lowest BCUT2D eigenvalue weighted by Gasteiger charge is -2.14. The summed E-state index contributed by atoms with van der Waals surface area (Å²) >= 11 is 0. The van der Waals surface area contributed by atoms with Gasteiger partial charge >= 0.3 is 0 Å². The van der Waals surface area contributed by atoms with Gasteiger partial charge in [0.25, 0.3) is 0 Å². The molecule has 60 valence electrons. The number of rotatable bonds is 2. The summed E-state index contributed by atoms with van der Waals surface area (Å²) in [6, 6.07) is 7.28. The number of anilines is 2. The maximum absolute atomic E-state index is 10.1. The fourth-order valence-corrected chi connectivity index (χ4v) is 0.828. The molecule has 0 heterocycles. The molecule has 1 N–H and O–H groups in total. The molecule has 0 unspecified atom stereocenters. The Morgan fingerprint density at radius 2 is 1.73 bits per heavy atom. The van der Waals surface area contributed by atoms with Crippen molar-refractivity contribution in [1.29, 1.82) is 0 Å². The standard InChI is InChI=1S/C8H11N2O/c1-10(2)8-5-3-7(9-11)4-6-8/h3-6,9H,1-2H3/q-1. The number of hydrogen-bond donors (Lipinski definition) is 1. The molecular formula is C8H11N2O-. The third-order valence-corrected chi connectivity index (χ3v) is 1.50. The zero-order valence-corrected chi connectivity index (χ0v) is 6.66. The van der Waals surface area contributed by atoms with Gasteiger partial charge in [-0.1, -0.05) is 0 Å². The fourth-order valence-electron chi connectivity index (χ4n) is 0.828. The maximum atomic E-state index is 10.1. The molecule has 1 aromatic carbocycles. The zero-order valence-electron chi connectivity index (χ0n) is 6.66. The Labute approximate surface area is 66.2 Å². The Balaban J connectivity index is 2.83. The van der Waals surface area contributed by atoms with Crippen LogP contribution in [0.4, 0.5) is 11.4 Å². The maximum Gasteiger partial charge on any atom is 0.0362 e. The topological polar surface area (TPSA) is 38.3 Å². The minimum Gasteiger partial charge on any atom is -0.761 e. The van der Waals surface area contributed by atoms with Gasteiger partial charge in [-0.3, -0.25) is 0 Å². The van der Waals surface area contributed by atoms with E-state index in [1.165, 1.54) is 0 Å². The normalized spacial score (nSPS) is 9.36. The Hall–Kier alpha value is -1.22. The Morgan fingerprint density at radius 1 is 1.18 bits per heavy atom.